The van der Waals surface area contributed by atoms with Crippen molar-refractivity contribution >= 4 is 58.6 Å². The zero-order valence-corrected chi connectivity index (χ0v) is 62.0. The van der Waals surface area contributed by atoms with Crippen molar-refractivity contribution in [1.82, 2.24) is 14.7 Å². The van der Waals surface area contributed by atoms with Crippen LogP contribution >= 0.6 is 11.6 Å². The van der Waals surface area contributed by atoms with E-state index in [0.717, 1.165) is 90.3 Å². The maximum atomic E-state index is 14.4. The summed E-state index contributed by atoms with van der Waals surface area (Å²) in [5.74, 6) is 4.48. The summed E-state index contributed by atoms with van der Waals surface area (Å²) in [5.41, 5.74) is 4.35. The first kappa shape index (κ1) is 79.9. The van der Waals surface area contributed by atoms with Gasteiger partial charge in [-0.3, -0.25) is 28.8 Å². The van der Waals surface area contributed by atoms with E-state index in [-0.39, 0.29) is 66.9 Å². The number of benzene rings is 3. The van der Waals surface area contributed by atoms with Gasteiger partial charge in [-0.1, -0.05) is 116 Å². The van der Waals surface area contributed by atoms with Crippen molar-refractivity contribution < 1.29 is 76.6 Å². The number of epoxide rings is 1. The van der Waals surface area contributed by atoms with Crippen molar-refractivity contribution in [2.75, 3.05) is 106 Å². The first-order chi connectivity index (χ1) is 48.4. The van der Waals surface area contributed by atoms with Gasteiger partial charge < -0.3 is 62.6 Å². The number of Topliss-reactive ketones (excluding diaryl/α,β-unsaturated/α-hetero) is 1. The number of carbonyl (C=O) groups is 7. The van der Waals surface area contributed by atoms with E-state index in [2.05, 4.69) is 17.9 Å². The number of rotatable bonds is 32. The molecule has 8 rings (SSSR count). The molecule has 101 heavy (non-hydrogen) atoms. The molecule has 5 aliphatic rings. The molecule has 4 bridgehead atoms. The maximum absolute atomic E-state index is 14.4. The van der Waals surface area contributed by atoms with Crippen molar-refractivity contribution in [3.8, 4) is 11.8 Å². The lowest BCUT2D eigenvalue weighted by molar-refractivity contribution is -0.187. The van der Waals surface area contributed by atoms with Crippen LogP contribution in [0.1, 0.15) is 170 Å². The van der Waals surface area contributed by atoms with Gasteiger partial charge in [-0.15, -0.1) is 0 Å². The number of fused-ring (bicyclic) bond motifs is 7. The second-order valence-corrected chi connectivity index (χ2v) is 29.0. The third-order valence-corrected chi connectivity index (χ3v) is 21.6. The van der Waals surface area contributed by atoms with Crippen LogP contribution in [-0.4, -0.2) is 204 Å². The number of amides is 4. The van der Waals surface area contributed by atoms with Crippen LogP contribution in [0.4, 0.5) is 5.69 Å². The lowest BCUT2D eigenvalue weighted by Crippen LogP contribution is -2.53. The van der Waals surface area contributed by atoms with Gasteiger partial charge in [0.05, 0.1) is 88.9 Å². The topological polar surface area (TPSA) is 230 Å². The normalized spacial score (nSPS) is 25.4. The number of unbranched alkanes of at least 4 members (excludes halogenated alkanes) is 3. The number of hydrogen-bond acceptors (Lipinski definition) is 16. The first-order valence-corrected chi connectivity index (χ1v) is 36.8. The van der Waals surface area contributed by atoms with Gasteiger partial charge in [0.1, 0.15) is 41.3 Å². The summed E-state index contributed by atoms with van der Waals surface area (Å²) < 4.78 is 47.0. The molecule has 0 aromatic heterocycles. The maximum Gasteiger partial charge on any atom is 0.328 e. The molecule has 3 aromatic rings. The number of esters is 2. The predicted molar refractivity (Wildman–Crippen MR) is 386 cm³/mol. The van der Waals surface area contributed by atoms with Gasteiger partial charge in [0.2, 0.25) is 23.6 Å². The molecule has 21 heteroatoms. The molecule has 3 heterocycles. The van der Waals surface area contributed by atoms with Crippen LogP contribution in [-0.2, 0) is 84.3 Å². The van der Waals surface area contributed by atoms with Crippen LogP contribution in [0.2, 0.25) is 5.02 Å². The molecular formula is C80H109ClN4O16. The van der Waals surface area contributed by atoms with E-state index in [1.165, 1.54) is 16.9 Å². The molecule has 0 radical (unpaired) electrons. The summed E-state index contributed by atoms with van der Waals surface area (Å²) in [4.78, 5) is 102. The lowest BCUT2D eigenvalue weighted by atomic mass is 9.78. The highest BCUT2D eigenvalue weighted by atomic mass is 35.5. The molecule has 552 valence electrons. The molecule has 4 amide bonds. The number of halogens is 1. The molecule has 1 N–H and O–H groups in total. The van der Waals surface area contributed by atoms with E-state index in [1.807, 2.05) is 94.6 Å². The van der Waals surface area contributed by atoms with E-state index in [4.69, 9.17) is 49.5 Å². The van der Waals surface area contributed by atoms with Crippen LogP contribution in [0.5, 0.6) is 0 Å². The molecule has 1 unspecified atom stereocenters. The standard InChI is InChI=1S/C80H109ClN4O16/c1-54-21-20-28-69(94-10)80(93)52-68(99-74(90)53-80)56(3)76-79(5,101-76)70(51-73(89)85(9)66-49-59(47-54)48-55(2)75(66)81)100-78(92)57(4)84(8)77(91)62-32-30-58(31-33-62)22-13-18-29-71(87)83(7)38-40-96-42-44-98-46-45-97-43-41-95-39-36-72(88)82(6)37-19-11-12-27-67(86)65-50-63-25-15-14-23-60(63)34-35-61-24-16-17-26-64(61)65/h14-17,20-21,23-26,28,48-49,56-58,62,65,68-70,76,93H,11-13,18-19,22,27,29-33,36-47,50-53H2,1-10H3/b28-20+,54-21+/t56-,57+,58?,62?,65?,68+,69-,70+,76+,79+,80-/m1/s1. The van der Waals surface area contributed by atoms with Gasteiger partial charge in [-0.2, -0.15) is 0 Å². The summed E-state index contributed by atoms with van der Waals surface area (Å²) in [6.45, 7) is 13.2. The minimum absolute atomic E-state index is 0.0191. The largest absolute Gasteiger partial charge is 0.462 e. The molecule has 3 fully saturated rings. The Morgan fingerprint density at radius 1 is 0.772 bits per heavy atom. The predicted octanol–water partition coefficient (Wildman–Crippen LogP) is 10.7. The number of carbonyl (C=O) groups excluding carboxylic acids is 7. The fraction of sp³-hybridized carbons (Fsp3) is 0.613. The monoisotopic (exact) mass is 1420 g/mol. The summed E-state index contributed by atoms with van der Waals surface area (Å²) >= 11 is 6.89. The van der Waals surface area contributed by atoms with Crippen molar-refractivity contribution in [2.45, 2.75) is 198 Å². The quantitative estimate of drug-likeness (QED) is 0.0265. The Balaban J connectivity index is 0.652. The number of likely N-dealkylation sites (N-methyl/N-ethyl adjacent to an activating group) is 2. The van der Waals surface area contributed by atoms with Crippen molar-refractivity contribution in [1.29, 1.82) is 0 Å². The number of nitrogens with zero attached hydrogens (tertiary/aromatic N) is 4. The van der Waals surface area contributed by atoms with Gasteiger partial charge in [0.25, 0.3) is 0 Å². The van der Waals surface area contributed by atoms with Crippen LogP contribution in [0, 0.1) is 36.5 Å². The summed E-state index contributed by atoms with van der Waals surface area (Å²) in [6.07, 6.45) is 12.0. The Morgan fingerprint density at radius 2 is 1.41 bits per heavy atom. The zero-order valence-electron chi connectivity index (χ0n) is 61.2. The van der Waals surface area contributed by atoms with E-state index >= 15 is 0 Å². The number of hydrogen-bond donors (Lipinski definition) is 1. The zero-order chi connectivity index (χ0) is 72.8. The molecule has 3 aromatic carbocycles. The highest BCUT2D eigenvalue weighted by molar-refractivity contribution is 6.34. The molecule has 2 saturated heterocycles. The lowest BCUT2D eigenvalue weighted by Gasteiger charge is -2.41. The fourth-order valence-electron chi connectivity index (χ4n) is 14.4. The third-order valence-electron chi connectivity index (χ3n) is 21.1. The van der Waals surface area contributed by atoms with Gasteiger partial charge in [-0.05, 0) is 132 Å². The number of aliphatic hydroxyl groups is 1. The number of ketones is 1. The Bertz CT molecular complexity index is 3450. The van der Waals surface area contributed by atoms with E-state index in [0.29, 0.717) is 121 Å². The second kappa shape index (κ2) is 38.6. The van der Waals surface area contributed by atoms with E-state index in [1.54, 1.807) is 50.9 Å². The van der Waals surface area contributed by atoms with Gasteiger partial charge >= 0.3 is 11.9 Å². The van der Waals surface area contributed by atoms with Crippen LogP contribution in [0.3, 0.4) is 0 Å². The van der Waals surface area contributed by atoms with Gasteiger partial charge in [0, 0.05) is 96.5 Å². The third kappa shape index (κ3) is 22.6. The average molecular weight is 1420 g/mol. The summed E-state index contributed by atoms with van der Waals surface area (Å²) in [5, 5.41) is 12.4. The Hall–Kier alpha value is -6.80. The highest BCUT2D eigenvalue weighted by Crippen LogP contribution is 2.50. The summed E-state index contributed by atoms with van der Waals surface area (Å²) in [7, 11) is 8.32. The SMILES string of the molecule is CO[C@@H]1/C=C/C=C(\C)Cc2cc(C)c(Cl)c(c2)N(C)C(=O)C[C@H](OC(=O)[C@H](C)N(C)C(=O)C2CCC(CCCCC(=O)N(C)CCOCCOCCOCCOCCC(=O)N(C)CCCCCC(=O)C3Cc4ccccc4C#Cc4ccccc43)CC2)[C@]2(C)O[C@H]2[C@H](C)[C@@H]2C[C@@]1(O)CC(=O)O2. The number of ether oxygens (including phenoxy) is 8. The molecule has 3 aliphatic heterocycles. The van der Waals surface area contributed by atoms with Crippen molar-refractivity contribution in [3.63, 3.8) is 0 Å². The van der Waals surface area contributed by atoms with E-state index in [9.17, 15) is 38.7 Å². The van der Waals surface area contributed by atoms with Crippen LogP contribution in [0.15, 0.2) is 84.5 Å². The van der Waals surface area contributed by atoms with E-state index < -0.39 is 59.5 Å². The average Bonchev–Trinajstić information content (AvgIpc) is 1.57. The van der Waals surface area contributed by atoms with Crippen LogP contribution in [0.25, 0.3) is 0 Å². The highest BCUT2D eigenvalue weighted by Gasteiger charge is 2.64. The number of methoxy groups -OCH3 is 1. The Morgan fingerprint density at radius 3 is 2.12 bits per heavy atom. The molecule has 1 saturated carbocycles. The van der Waals surface area contributed by atoms with Crippen molar-refractivity contribution in [3.05, 3.63) is 123 Å². The number of aryl methyl sites for hydroxylation is 1. The molecule has 20 nitrogen and oxygen atoms in total. The minimum Gasteiger partial charge on any atom is -0.462 e. The van der Waals surface area contributed by atoms with Gasteiger partial charge in [-0.25, -0.2) is 4.79 Å². The van der Waals surface area contributed by atoms with Crippen LogP contribution < -0.4 is 4.90 Å². The fourth-order valence-corrected chi connectivity index (χ4v) is 14.7. The van der Waals surface area contributed by atoms with Gasteiger partial charge in [0.15, 0.2) is 0 Å². The minimum atomic E-state index is -1.59. The van der Waals surface area contributed by atoms with Crippen molar-refractivity contribution in [2.24, 2.45) is 17.8 Å². The molecular weight excluding hydrogens is 1310 g/mol. The second-order valence-electron chi connectivity index (χ2n) is 28.6. The molecule has 2 aliphatic carbocycles. The Kier molecular flexibility index (Phi) is 30.6. The first-order valence-electron chi connectivity index (χ1n) is 36.4. The molecule has 9 atom stereocenters. The Labute approximate surface area is 603 Å². The number of anilines is 1. The number of allylic oxidation sites excluding steroid dienone is 3. The smallest absolute Gasteiger partial charge is 0.328 e. The summed E-state index contributed by atoms with van der Waals surface area (Å²) in [6, 6.07) is 18.9. The molecule has 0 spiro atoms.